The molecule has 0 N–H and O–H groups in total. The predicted molar refractivity (Wildman–Crippen MR) is 118 cm³/mol. The number of hydrogen-bond acceptors (Lipinski definition) is 7. The molecule has 0 saturated carbocycles. The van der Waals surface area contributed by atoms with Crippen LogP contribution >= 0.6 is 23.1 Å². The van der Waals surface area contributed by atoms with Gasteiger partial charge in [0.25, 0.3) is 5.56 Å². The van der Waals surface area contributed by atoms with Gasteiger partial charge in [-0.2, -0.15) is 9.61 Å². The fourth-order valence-electron chi connectivity index (χ4n) is 3.12. The van der Waals surface area contributed by atoms with E-state index in [1.165, 1.54) is 45.8 Å². The summed E-state index contributed by atoms with van der Waals surface area (Å²) in [5.41, 5.74) is 2.06. The Labute approximate surface area is 184 Å². The number of halogens is 1. The molecule has 31 heavy (non-hydrogen) atoms. The standard InChI is InChI=1S/C21H15FN6OS2/c1-13-26-28-18(29)11-16(23-20(28)31-13)12-30-21-25-24-19(14-5-3-2-4-6-14)27(21)17-9-7-15(22)8-10-17/h2-11H,12H2,1H3. The first-order valence-corrected chi connectivity index (χ1v) is 11.1. The topological polar surface area (TPSA) is 78.0 Å². The predicted octanol–water partition coefficient (Wildman–Crippen LogP) is 4.14. The number of aryl methyl sites for hydroxylation is 1. The normalized spacial score (nSPS) is 11.3. The highest BCUT2D eigenvalue weighted by Crippen LogP contribution is 2.29. The first-order valence-electron chi connectivity index (χ1n) is 9.34. The van der Waals surface area contributed by atoms with Gasteiger partial charge in [-0.25, -0.2) is 9.37 Å². The minimum absolute atomic E-state index is 0.213. The number of fused-ring (bicyclic) bond motifs is 1. The summed E-state index contributed by atoms with van der Waals surface area (Å²) in [7, 11) is 0. The van der Waals surface area contributed by atoms with Gasteiger partial charge in [-0.1, -0.05) is 53.4 Å². The highest BCUT2D eigenvalue weighted by molar-refractivity contribution is 7.98. The molecule has 7 nitrogen and oxygen atoms in total. The van der Waals surface area contributed by atoms with E-state index in [0.29, 0.717) is 27.4 Å². The van der Waals surface area contributed by atoms with E-state index in [4.69, 9.17) is 0 Å². The lowest BCUT2D eigenvalue weighted by atomic mass is 10.2. The van der Waals surface area contributed by atoms with Crippen molar-refractivity contribution in [1.82, 2.24) is 29.4 Å². The number of nitrogens with zero attached hydrogens (tertiary/aromatic N) is 6. The molecule has 0 unspecified atom stereocenters. The van der Waals surface area contributed by atoms with Gasteiger partial charge < -0.3 is 0 Å². The average molecular weight is 451 g/mol. The Balaban J connectivity index is 1.53. The summed E-state index contributed by atoms with van der Waals surface area (Å²) < 4.78 is 16.7. The first kappa shape index (κ1) is 19.6. The molecule has 0 radical (unpaired) electrons. The second-order valence-electron chi connectivity index (χ2n) is 6.67. The van der Waals surface area contributed by atoms with Crippen molar-refractivity contribution in [1.29, 1.82) is 0 Å². The van der Waals surface area contributed by atoms with Crippen LogP contribution in [0.4, 0.5) is 4.39 Å². The van der Waals surface area contributed by atoms with E-state index in [1.807, 2.05) is 41.8 Å². The molecule has 0 amide bonds. The van der Waals surface area contributed by atoms with E-state index in [-0.39, 0.29) is 11.4 Å². The first-order chi connectivity index (χ1) is 15.1. The van der Waals surface area contributed by atoms with Crippen LogP contribution in [0, 0.1) is 12.7 Å². The summed E-state index contributed by atoms with van der Waals surface area (Å²) in [6, 6.07) is 17.3. The van der Waals surface area contributed by atoms with Gasteiger partial charge in [0.05, 0.1) is 5.69 Å². The molecule has 0 fully saturated rings. The van der Waals surface area contributed by atoms with Crippen LogP contribution in [0.5, 0.6) is 0 Å². The molecule has 0 bridgehead atoms. The third-order valence-corrected chi connectivity index (χ3v) is 6.28. The molecule has 0 aliphatic rings. The van der Waals surface area contributed by atoms with Gasteiger partial charge in [-0.3, -0.25) is 9.36 Å². The van der Waals surface area contributed by atoms with Crippen molar-refractivity contribution in [2.45, 2.75) is 17.8 Å². The Kier molecular flexibility index (Phi) is 5.08. The van der Waals surface area contributed by atoms with Crippen LogP contribution in [0.3, 0.4) is 0 Å². The molecule has 0 atom stereocenters. The molecule has 0 aliphatic carbocycles. The van der Waals surface area contributed by atoms with E-state index < -0.39 is 0 Å². The fraction of sp³-hybridized carbons (Fsp3) is 0.0952. The quantitative estimate of drug-likeness (QED) is 0.375. The van der Waals surface area contributed by atoms with E-state index >= 15 is 0 Å². The van der Waals surface area contributed by atoms with Crippen molar-refractivity contribution in [3.05, 3.63) is 87.5 Å². The van der Waals surface area contributed by atoms with Gasteiger partial charge in [0, 0.05) is 23.1 Å². The molecule has 2 aromatic carbocycles. The highest BCUT2D eigenvalue weighted by Gasteiger charge is 2.17. The molecule has 3 heterocycles. The van der Waals surface area contributed by atoms with Gasteiger partial charge in [0.2, 0.25) is 4.96 Å². The van der Waals surface area contributed by atoms with E-state index in [2.05, 4.69) is 20.3 Å². The molecule has 0 aliphatic heterocycles. The summed E-state index contributed by atoms with van der Waals surface area (Å²) in [4.78, 5) is 17.4. The Hall–Kier alpha value is -3.37. The second-order valence-corrected chi connectivity index (χ2v) is 8.78. The Morgan fingerprint density at radius 2 is 1.84 bits per heavy atom. The maximum Gasteiger partial charge on any atom is 0.275 e. The summed E-state index contributed by atoms with van der Waals surface area (Å²) in [6.45, 7) is 1.84. The molecule has 10 heteroatoms. The maximum absolute atomic E-state index is 13.5. The Bertz CT molecular complexity index is 1430. The van der Waals surface area contributed by atoms with E-state index in [1.54, 1.807) is 12.1 Å². The zero-order valence-electron chi connectivity index (χ0n) is 16.3. The third kappa shape index (κ3) is 3.87. The monoisotopic (exact) mass is 450 g/mol. The molecule has 3 aromatic heterocycles. The molecule has 5 rings (SSSR count). The summed E-state index contributed by atoms with van der Waals surface area (Å²) in [6.07, 6.45) is 0. The van der Waals surface area contributed by atoms with Gasteiger partial charge in [-0.05, 0) is 31.2 Å². The van der Waals surface area contributed by atoms with Crippen molar-refractivity contribution in [2.24, 2.45) is 0 Å². The van der Waals surface area contributed by atoms with E-state index in [9.17, 15) is 9.18 Å². The number of hydrogen-bond donors (Lipinski definition) is 0. The second kappa shape index (κ2) is 8.05. The lowest BCUT2D eigenvalue weighted by Gasteiger charge is -2.10. The summed E-state index contributed by atoms with van der Waals surface area (Å²) in [5, 5.41) is 14.3. The number of thioether (sulfide) groups is 1. The van der Waals surface area contributed by atoms with Crippen LogP contribution in [0.2, 0.25) is 0 Å². The van der Waals surface area contributed by atoms with Gasteiger partial charge in [-0.15, -0.1) is 10.2 Å². The smallest absolute Gasteiger partial charge is 0.270 e. The van der Waals surface area contributed by atoms with Crippen LogP contribution in [0.25, 0.3) is 22.0 Å². The summed E-state index contributed by atoms with van der Waals surface area (Å²) in [5.74, 6) is 0.762. The molecular formula is C21H15FN6OS2. The number of benzene rings is 2. The van der Waals surface area contributed by atoms with Gasteiger partial charge in [0.1, 0.15) is 10.8 Å². The minimum atomic E-state index is -0.315. The molecule has 0 spiro atoms. The van der Waals surface area contributed by atoms with E-state index in [0.717, 1.165) is 16.3 Å². The van der Waals surface area contributed by atoms with Crippen molar-refractivity contribution in [2.75, 3.05) is 0 Å². The molecule has 154 valence electrons. The zero-order chi connectivity index (χ0) is 21.4. The Morgan fingerprint density at radius 3 is 2.61 bits per heavy atom. The summed E-state index contributed by atoms with van der Waals surface area (Å²) >= 11 is 2.78. The Morgan fingerprint density at radius 1 is 1.06 bits per heavy atom. The van der Waals surface area contributed by atoms with Crippen LogP contribution in [0.15, 0.2) is 70.6 Å². The maximum atomic E-state index is 13.5. The zero-order valence-corrected chi connectivity index (χ0v) is 17.9. The lowest BCUT2D eigenvalue weighted by Crippen LogP contribution is -2.15. The van der Waals surface area contributed by atoms with Crippen molar-refractivity contribution >= 4 is 28.1 Å². The van der Waals surface area contributed by atoms with Crippen LogP contribution in [-0.2, 0) is 5.75 Å². The van der Waals surface area contributed by atoms with Crippen LogP contribution < -0.4 is 5.56 Å². The molecule has 0 saturated heterocycles. The van der Waals surface area contributed by atoms with Crippen molar-refractivity contribution in [3.63, 3.8) is 0 Å². The third-order valence-electron chi connectivity index (χ3n) is 4.50. The SMILES string of the molecule is Cc1nn2c(=O)cc(CSc3nnc(-c4ccccc4)n3-c3ccc(F)cc3)nc2s1. The van der Waals surface area contributed by atoms with Crippen LogP contribution in [-0.4, -0.2) is 29.4 Å². The number of rotatable bonds is 5. The molecule has 5 aromatic rings. The highest BCUT2D eigenvalue weighted by atomic mass is 32.2. The minimum Gasteiger partial charge on any atom is -0.270 e. The van der Waals surface area contributed by atoms with Crippen molar-refractivity contribution < 1.29 is 4.39 Å². The van der Waals surface area contributed by atoms with Gasteiger partial charge >= 0.3 is 0 Å². The average Bonchev–Trinajstić information content (AvgIpc) is 3.37. The van der Waals surface area contributed by atoms with Gasteiger partial charge in [0.15, 0.2) is 11.0 Å². The van der Waals surface area contributed by atoms with Crippen molar-refractivity contribution in [3.8, 4) is 17.1 Å². The fourth-order valence-corrected chi connectivity index (χ4v) is 4.74. The molecular weight excluding hydrogens is 435 g/mol. The largest absolute Gasteiger partial charge is 0.275 e. The lowest BCUT2D eigenvalue weighted by molar-refractivity contribution is 0.627. The van der Waals surface area contributed by atoms with Crippen LogP contribution in [0.1, 0.15) is 10.7 Å². The number of aromatic nitrogens is 6.